The molecule has 118 valence electrons. The van der Waals surface area contributed by atoms with Gasteiger partial charge in [-0.15, -0.1) is 0 Å². The second-order valence-corrected chi connectivity index (χ2v) is 5.64. The van der Waals surface area contributed by atoms with Gasteiger partial charge in [-0.1, -0.05) is 6.07 Å². The first kappa shape index (κ1) is 15.2. The number of hydrogen-bond acceptors (Lipinski definition) is 4. The van der Waals surface area contributed by atoms with E-state index in [4.69, 9.17) is 4.74 Å². The Morgan fingerprint density at radius 3 is 2.70 bits per heavy atom. The Morgan fingerprint density at radius 2 is 1.91 bits per heavy atom. The van der Waals surface area contributed by atoms with Crippen LogP contribution >= 0.6 is 0 Å². The molecule has 0 unspecified atom stereocenters. The summed E-state index contributed by atoms with van der Waals surface area (Å²) >= 11 is 0. The molecular formula is C18H19N3O2. The number of benzene rings is 1. The number of fused-ring (bicyclic) bond motifs is 1. The zero-order valence-corrected chi connectivity index (χ0v) is 13.3. The molecule has 0 spiro atoms. The molecule has 3 aromatic rings. The van der Waals surface area contributed by atoms with Crippen LogP contribution in [-0.4, -0.2) is 21.1 Å². The minimum Gasteiger partial charge on any atom is -0.494 e. The van der Waals surface area contributed by atoms with Gasteiger partial charge in [0.25, 0.3) is 5.56 Å². The first-order chi connectivity index (χ1) is 11.1. The van der Waals surface area contributed by atoms with Crippen LogP contribution in [0.25, 0.3) is 11.0 Å². The fourth-order valence-electron chi connectivity index (χ4n) is 2.60. The van der Waals surface area contributed by atoms with Gasteiger partial charge in [-0.05, 0) is 55.7 Å². The van der Waals surface area contributed by atoms with Crippen LogP contribution in [0, 0.1) is 13.8 Å². The van der Waals surface area contributed by atoms with Crippen LogP contribution in [0.2, 0.25) is 0 Å². The van der Waals surface area contributed by atoms with Crippen LogP contribution in [0.15, 0.2) is 47.7 Å². The lowest BCUT2D eigenvalue weighted by Crippen LogP contribution is -2.21. The number of hydrogen-bond donors (Lipinski definition) is 0. The van der Waals surface area contributed by atoms with Crippen molar-refractivity contribution in [3.63, 3.8) is 0 Å². The highest BCUT2D eigenvalue weighted by Gasteiger charge is 2.04. The van der Waals surface area contributed by atoms with Gasteiger partial charge in [0.15, 0.2) is 5.65 Å². The van der Waals surface area contributed by atoms with Gasteiger partial charge < -0.3 is 4.74 Å². The van der Waals surface area contributed by atoms with Gasteiger partial charge in [-0.3, -0.25) is 9.36 Å². The van der Waals surface area contributed by atoms with E-state index in [9.17, 15) is 4.79 Å². The molecule has 0 saturated heterocycles. The SMILES string of the molecule is Cc1cc(C)cc(OCCCn2cnc3ncccc3c2=O)c1. The summed E-state index contributed by atoms with van der Waals surface area (Å²) in [7, 11) is 0. The second kappa shape index (κ2) is 6.60. The van der Waals surface area contributed by atoms with Gasteiger partial charge in [0.05, 0.1) is 18.3 Å². The zero-order chi connectivity index (χ0) is 16.2. The summed E-state index contributed by atoms with van der Waals surface area (Å²) in [6.45, 7) is 5.23. The molecule has 0 fully saturated rings. The Hall–Kier alpha value is -2.69. The van der Waals surface area contributed by atoms with Gasteiger partial charge in [0.1, 0.15) is 5.75 Å². The highest BCUT2D eigenvalue weighted by Crippen LogP contribution is 2.16. The molecule has 5 heteroatoms. The number of aromatic nitrogens is 3. The summed E-state index contributed by atoms with van der Waals surface area (Å²) in [5.74, 6) is 0.871. The van der Waals surface area contributed by atoms with Crippen molar-refractivity contribution < 1.29 is 4.74 Å². The standard InChI is InChI=1S/C18H19N3O2/c1-13-9-14(2)11-15(10-13)23-8-4-7-21-12-20-17-16(18(21)22)5-3-6-19-17/h3,5-6,9-12H,4,7-8H2,1-2H3. The predicted molar refractivity (Wildman–Crippen MR) is 89.8 cm³/mol. The van der Waals surface area contributed by atoms with Crippen molar-refractivity contribution in [1.82, 2.24) is 14.5 Å². The van der Waals surface area contributed by atoms with E-state index in [2.05, 4.69) is 16.0 Å². The molecule has 3 rings (SSSR count). The van der Waals surface area contributed by atoms with E-state index < -0.39 is 0 Å². The van der Waals surface area contributed by atoms with E-state index in [-0.39, 0.29) is 5.56 Å². The Balaban J connectivity index is 1.63. The second-order valence-electron chi connectivity index (χ2n) is 5.64. The molecule has 23 heavy (non-hydrogen) atoms. The molecular weight excluding hydrogens is 290 g/mol. The number of ether oxygens (including phenoxy) is 1. The number of aryl methyl sites for hydroxylation is 3. The Morgan fingerprint density at radius 1 is 1.13 bits per heavy atom. The normalized spacial score (nSPS) is 10.9. The van der Waals surface area contributed by atoms with Crippen molar-refractivity contribution in [1.29, 1.82) is 0 Å². The smallest absolute Gasteiger partial charge is 0.262 e. The molecule has 0 aliphatic carbocycles. The van der Waals surface area contributed by atoms with Crippen LogP contribution in [0.3, 0.4) is 0 Å². The molecule has 0 atom stereocenters. The fourth-order valence-corrected chi connectivity index (χ4v) is 2.60. The number of rotatable bonds is 5. The molecule has 0 aliphatic rings. The average molecular weight is 309 g/mol. The summed E-state index contributed by atoms with van der Waals surface area (Å²) in [5, 5.41) is 0.547. The third kappa shape index (κ3) is 3.56. The van der Waals surface area contributed by atoms with Gasteiger partial charge in [-0.25, -0.2) is 9.97 Å². The van der Waals surface area contributed by atoms with Crippen molar-refractivity contribution in [2.75, 3.05) is 6.61 Å². The lowest BCUT2D eigenvalue weighted by molar-refractivity contribution is 0.300. The number of pyridine rings is 1. The first-order valence-electron chi connectivity index (χ1n) is 7.65. The van der Waals surface area contributed by atoms with Crippen LogP contribution in [0.1, 0.15) is 17.5 Å². The van der Waals surface area contributed by atoms with E-state index >= 15 is 0 Å². The van der Waals surface area contributed by atoms with Crippen LogP contribution in [0.4, 0.5) is 0 Å². The zero-order valence-electron chi connectivity index (χ0n) is 13.3. The maximum atomic E-state index is 12.3. The van der Waals surface area contributed by atoms with Crippen molar-refractivity contribution in [3.8, 4) is 5.75 Å². The van der Waals surface area contributed by atoms with Crippen molar-refractivity contribution >= 4 is 11.0 Å². The van der Waals surface area contributed by atoms with Crippen LogP contribution in [-0.2, 0) is 6.54 Å². The Labute approximate surface area is 134 Å². The molecule has 5 nitrogen and oxygen atoms in total. The van der Waals surface area contributed by atoms with Crippen LogP contribution in [0.5, 0.6) is 5.75 Å². The van der Waals surface area contributed by atoms with E-state index in [1.54, 1.807) is 29.2 Å². The minimum absolute atomic E-state index is 0.0606. The highest BCUT2D eigenvalue weighted by atomic mass is 16.5. The first-order valence-corrected chi connectivity index (χ1v) is 7.65. The predicted octanol–water partition coefficient (Wildman–Crippen LogP) is 2.88. The molecule has 0 aliphatic heterocycles. The van der Waals surface area contributed by atoms with E-state index in [0.717, 1.165) is 12.2 Å². The van der Waals surface area contributed by atoms with Gasteiger partial charge in [0, 0.05) is 12.7 Å². The minimum atomic E-state index is -0.0606. The van der Waals surface area contributed by atoms with Gasteiger partial charge in [-0.2, -0.15) is 0 Å². The van der Waals surface area contributed by atoms with Crippen molar-refractivity contribution in [2.45, 2.75) is 26.8 Å². The largest absolute Gasteiger partial charge is 0.494 e. The van der Waals surface area contributed by atoms with Crippen molar-refractivity contribution in [3.05, 3.63) is 64.3 Å². The van der Waals surface area contributed by atoms with Crippen molar-refractivity contribution in [2.24, 2.45) is 0 Å². The summed E-state index contributed by atoms with van der Waals surface area (Å²) in [6.07, 6.45) is 3.92. The molecule has 0 amide bonds. The Bertz CT molecular complexity index is 867. The molecule has 2 aromatic heterocycles. The maximum absolute atomic E-state index is 12.3. The third-order valence-electron chi connectivity index (χ3n) is 3.60. The monoisotopic (exact) mass is 309 g/mol. The topological polar surface area (TPSA) is 57.0 Å². The van der Waals surface area contributed by atoms with Gasteiger partial charge >= 0.3 is 0 Å². The average Bonchev–Trinajstić information content (AvgIpc) is 2.53. The molecule has 1 aromatic carbocycles. The van der Waals surface area contributed by atoms with Gasteiger partial charge in [0.2, 0.25) is 0 Å². The molecule has 2 heterocycles. The highest BCUT2D eigenvalue weighted by molar-refractivity contribution is 5.72. The fraction of sp³-hybridized carbons (Fsp3) is 0.278. The summed E-state index contributed by atoms with van der Waals surface area (Å²) in [4.78, 5) is 20.6. The third-order valence-corrected chi connectivity index (χ3v) is 3.60. The molecule has 0 N–H and O–H groups in total. The summed E-state index contributed by atoms with van der Waals surface area (Å²) < 4.78 is 7.37. The van der Waals surface area contributed by atoms with E-state index in [0.29, 0.717) is 24.2 Å². The summed E-state index contributed by atoms with van der Waals surface area (Å²) in [5.41, 5.74) is 2.79. The molecule has 0 radical (unpaired) electrons. The number of nitrogens with zero attached hydrogens (tertiary/aromatic N) is 3. The molecule has 0 saturated carbocycles. The summed E-state index contributed by atoms with van der Waals surface area (Å²) in [6, 6.07) is 9.64. The molecule has 0 bridgehead atoms. The van der Waals surface area contributed by atoms with E-state index in [1.807, 2.05) is 26.0 Å². The lowest BCUT2D eigenvalue weighted by atomic mass is 10.1. The van der Waals surface area contributed by atoms with Crippen LogP contribution < -0.4 is 10.3 Å². The van der Waals surface area contributed by atoms with E-state index in [1.165, 1.54) is 11.1 Å². The maximum Gasteiger partial charge on any atom is 0.262 e. The quantitative estimate of drug-likeness (QED) is 0.680. The Kier molecular flexibility index (Phi) is 4.37. The lowest BCUT2D eigenvalue weighted by Gasteiger charge is -2.09.